The summed E-state index contributed by atoms with van der Waals surface area (Å²) < 4.78 is 13.2. The second-order valence-electron chi connectivity index (χ2n) is 13.1. The average molecular weight is 381 g/mol. The SMILES string of the molecule is CC(C)(C)OCC1CC2CC1C1C3OC(C21)C1C2CC(C4C5C=CC(C5)C24)C31. The predicted octanol–water partition coefficient (Wildman–Crippen LogP) is 4.79. The normalized spacial score (nSPS) is 66.2. The Bertz CT molecular complexity index is 750. The Hall–Kier alpha value is -0.340. The summed E-state index contributed by atoms with van der Waals surface area (Å²) in [5, 5.41) is 0. The third-order valence-electron chi connectivity index (χ3n) is 11.4. The van der Waals surface area contributed by atoms with E-state index in [4.69, 9.17) is 9.47 Å². The Labute approximate surface area is 169 Å². The van der Waals surface area contributed by atoms with Crippen molar-refractivity contribution in [2.45, 2.75) is 64.3 Å². The first-order valence-electron chi connectivity index (χ1n) is 12.5. The standard InChI is InChI=1S/C26H36O2/c1-26(2,3)27-10-14-7-13-8-15(14)21-20(13)24-22-16-9-17(23(22)25(21)28-24)19-12-5-4-11(6-12)18(16)19/h4-5,11-25H,6-10H2,1-3H3. The fourth-order valence-electron chi connectivity index (χ4n) is 11.2. The molecule has 2 heterocycles. The minimum Gasteiger partial charge on any atom is -0.376 e. The van der Waals surface area contributed by atoms with Crippen molar-refractivity contribution in [1.82, 2.24) is 0 Å². The zero-order valence-corrected chi connectivity index (χ0v) is 17.7. The molecule has 15 unspecified atom stereocenters. The highest BCUT2D eigenvalue weighted by atomic mass is 16.5. The first-order chi connectivity index (χ1) is 13.5. The van der Waals surface area contributed by atoms with E-state index in [1.54, 1.807) is 6.42 Å². The van der Waals surface area contributed by atoms with Gasteiger partial charge in [-0.2, -0.15) is 0 Å². The summed E-state index contributed by atoms with van der Waals surface area (Å²) in [5.41, 5.74) is 0.00638. The molecular formula is C26H36O2. The van der Waals surface area contributed by atoms with Gasteiger partial charge in [0.1, 0.15) is 0 Å². The van der Waals surface area contributed by atoms with E-state index in [0.717, 1.165) is 83.5 Å². The average Bonchev–Trinajstić information content (AvgIpc) is 3.47. The van der Waals surface area contributed by atoms with Crippen LogP contribution in [0.3, 0.4) is 0 Å². The Balaban J connectivity index is 1.09. The molecule has 152 valence electrons. The highest BCUT2D eigenvalue weighted by molar-refractivity contribution is 5.27. The molecule has 7 fully saturated rings. The van der Waals surface area contributed by atoms with Crippen molar-refractivity contribution in [2.24, 2.45) is 76.9 Å². The van der Waals surface area contributed by atoms with E-state index >= 15 is 0 Å². The summed E-state index contributed by atoms with van der Waals surface area (Å²) in [7, 11) is 0. The molecule has 6 aliphatic carbocycles. The van der Waals surface area contributed by atoms with Gasteiger partial charge in [-0.3, -0.25) is 0 Å². The van der Waals surface area contributed by atoms with Crippen LogP contribution in [0.4, 0.5) is 0 Å². The Morgan fingerprint density at radius 1 is 0.750 bits per heavy atom. The quantitative estimate of drug-likeness (QED) is 0.506. The third-order valence-corrected chi connectivity index (χ3v) is 11.4. The first kappa shape index (κ1) is 16.4. The van der Waals surface area contributed by atoms with Gasteiger partial charge in [0.25, 0.3) is 0 Å². The van der Waals surface area contributed by atoms with Crippen LogP contribution in [0.25, 0.3) is 0 Å². The molecule has 15 atom stereocenters. The fraction of sp³-hybridized carbons (Fsp3) is 0.923. The molecule has 0 spiro atoms. The van der Waals surface area contributed by atoms with Crippen LogP contribution in [0.5, 0.6) is 0 Å². The van der Waals surface area contributed by atoms with Crippen molar-refractivity contribution in [3.63, 3.8) is 0 Å². The molecule has 0 aromatic carbocycles. The van der Waals surface area contributed by atoms with E-state index in [9.17, 15) is 0 Å². The van der Waals surface area contributed by atoms with Gasteiger partial charge in [0.05, 0.1) is 24.4 Å². The van der Waals surface area contributed by atoms with E-state index in [-0.39, 0.29) is 5.60 Å². The summed E-state index contributed by atoms with van der Waals surface area (Å²) in [6, 6.07) is 0. The van der Waals surface area contributed by atoms with Gasteiger partial charge in [0.2, 0.25) is 0 Å². The number of fused-ring (bicyclic) bond motifs is 23. The molecule has 0 aromatic heterocycles. The summed E-state index contributed by atoms with van der Waals surface area (Å²) >= 11 is 0. The van der Waals surface area contributed by atoms with Gasteiger partial charge >= 0.3 is 0 Å². The van der Waals surface area contributed by atoms with Crippen molar-refractivity contribution in [1.29, 1.82) is 0 Å². The van der Waals surface area contributed by atoms with E-state index in [0.29, 0.717) is 12.2 Å². The number of allylic oxidation sites excluding steroid dienone is 2. The summed E-state index contributed by atoms with van der Waals surface area (Å²) in [6.07, 6.45) is 12.5. The van der Waals surface area contributed by atoms with E-state index in [2.05, 4.69) is 32.9 Å². The summed E-state index contributed by atoms with van der Waals surface area (Å²) in [6.45, 7) is 7.63. The molecule has 5 saturated carbocycles. The second kappa shape index (κ2) is 4.93. The van der Waals surface area contributed by atoms with Crippen molar-refractivity contribution < 1.29 is 9.47 Å². The van der Waals surface area contributed by atoms with Crippen LogP contribution < -0.4 is 0 Å². The molecule has 2 heteroatoms. The van der Waals surface area contributed by atoms with Gasteiger partial charge < -0.3 is 9.47 Å². The van der Waals surface area contributed by atoms with Crippen LogP contribution in [-0.4, -0.2) is 24.4 Å². The topological polar surface area (TPSA) is 18.5 Å². The maximum absolute atomic E-state index is 6.96. The van der Waals surface area contributed by atoms with E-state index < -0.39 is 0 Å². The van der Waals surface area contributed by atoms with Gasteiger partial charge in [-0.1, -0.05) is 12.2 Å². The molecular weight excluding hydrogens is 344 g/mol. The zero-order chi connectivity index (χ0) is 18.5. The molecule has 8 aliphatic rings. The van der Waals surface area contributed by atoms with Gasteiger partial charge in [0, 0.05) is 0 Å². The van der Waals surface area contributed by atoms with Crippen LogP contribution in [0.1, 0.15) is 46.5 Å². The zero-order valence-electron chi connectivity index (χ0n) is 17.7. The van der Waals surface area contributed by atoms with Crippen molar-refractivity contribution in [3.8, 4) is 0 Å². The predicted molar refractivity (Wildman–Crippen MR) is 107 cm³/mol. The largest absolute Gasteiger partial charge is 0.376 e. The Kier molecular flexibility index (Phi) is 2.88. The Morgan fingerprint density at radius 3 is 2.07 bits per heavy atom. The molecule has 8 bridgehead atoms. The summed E-state index contributed by atoms with van der Waals surface area (Å²) in [4.78, 5) is 0. The molecule has 2 saturated heterocycles. The lowest BCUT2D eigenvalue weighted by atomic mass is 9.54. The van der Waals surface area contributed by atoms with Crippen molar-refractivity contribution in [2.75, 3.05) is 6.61 Å². The van der Waals surface area contributed by atoms with Crippen LogP contribution in [0, 0.1) is 76.9 Å². The van der Waals surface area contributed by atoms with Crippen molar-refractivity contribution in [3.05, 3.63) is 12.2 Å². The molecule has 0 amide bonds. The molecule has 0 radical (unpaired) electrons. The Morgan fingerprint density at radius 2 is 1.39 bits per heavy atom. The fourth-order valence-corrected chi connectivity index (χ4v) is 11.2. The minimum absolute atomic E-state index is 0.00638. The van der Waals surface area contributed by atoms with E-state index in [1.807, 2.05) is 0 Å². The highest BCUT2D eigenvalue weighted by Gasteiger charge is 2.77. The van der Waals surface area contributed by atoms with Gasteiger partial charge in [-0.15, -0.1) is 0 Å². The van der Waals surface area contributed by atoms with Crippen LogP contribution in [0.2, 0.25) is 0 Å². The third kappa shape index (κ3) is 1.74. The molecule has 28 heavy (non-hydrogen) atoms. The number of hydrogen-bond acceptors (Lipinski definition) is 2. The molecule has 8 rings (SSSR count). The number of ether oxygens (including phenoxy) is 2. The summed E-state index contributed by atoms with van der Waals surface area (Å²) in [5.74, 6) is 12.4. The minimum atomic E-state index is 0.00638. The highest BCUT2D eigenvalue weighted by Crippen LogP contribution is 2.77. The van der Waals surface area contributed by atoms with Crippen LogP contribution >= 0.6 is 0 Å². The van der Waals surface area contributed by atoms with E-state index in [1.165, 1.54) is 19.3 Å². The lowest BCUT2D eigenvalue weighted by Crippen LogP contribution is -2.50. The molecule has 0 aromatic rings. The van der Waals surface area contributed by atoms with Gasteiger partial charge in [0.15, 0.2) is 0 Å². The lowest BCUT2D eigenvalue weighted by Gasteiger charge is -2.48. The van der Waals surface area contributed by atoms with Crippen LogP contribution in [0.15, 0.2) is 12.2 Å². The van der Waals surface area contributed by atoms with Gasteiger partial charge in [-0.05, 0) is 123 Å². The first-order valence-corrected chi connectivity index (χ1v) is 12.5. The van der Waals surface area contributed by atoms with Gasteiger partial charge in [-0.25, -0.2) is 0 Å². The second-order valence-corrected chi connectivity index (χ2v) is 13.1. The maximum atomic E-state index is 6.96. The number of hydrogen-bond donors (Lipinski definition) is 0. The number of rotatable bonds is 2. The van der Waals surface area contributed by atoms with Crippen LogP contribution in [-0.2, 0) is 9.47 Å². The lowest BCUT2D eigenvalue weighted by molar-refractivity contribution is -0.0511. The smallest absolute Gasteiger partial charge is 0.0648 e. The molecule has 2 nitrogen and oxygen atoms in total. The monoisotopic (exact) mass is 380 g/mol. The maximum Gasteiger partial charge on any atom is 0.0648 e. The molecule has 0 N–H and O–H groups in total. The molecule has 2 aliphatic heterocycles. The van der Waals surface area contributed by atoms with Crippen molar-refractivity contribution >= 4 is 0 Å².